The highest BCUT2D eigenvalue weighted by atomic mass is 16.6. The number of amides is 2. The summed E-state index contributed by atoms with van der Waals surface area (Å²) in [7, 11) is 5.03. The fraction of sp³-hybridized carbons (Fsp3) is 0.520. The van der Waals surface area contributed by atoms with E-state index in [-0.39, 0.29) is 12.0 Å². The molecular weight excluding hydrogens is 434 g/mol. The van der Waals surface area contributed by atoms with Crippen LogP contribution in [0.15, 0.2) is 31.0 Å². The van der Waals surface area contributed by atoms with Crippen LogP contribution in [0, 0.1) is 0 Å². The lowest BCUT2D eigenvalue weighted by molar-refractivity contribution is 0.0254. The SMILES string of the molecule is C=CC(c1cc(C(=O)N(C)C)cc2ncc(N3CCOC(C)C3)nc12)N(C)C(=O)OC(C)(C)C. The van der Waals surface area contributed by atoms with Crippen LogP contribution in [0.3, 0.4) is 0 Å². The lowest BCUT2D eigenvalue weighted by Crippen LogP contribution is -2.41. The number of fused-ring (bicyclic) bond motifs is 1. The van der Waals surface area contributed by atoms with E-state index in [2.05, 4.69) is 16.5 Å². The van der Waals surface area contributed by atoms with E-state index in [9.17, 15) is 9.59 Å². The molecule has 1 aliphatic heterocycles. The van der Waals surface area contributed by atoms with E-state index in [4.69, 9.17) is 14.5 Å². The Bertz CT molecular complexity index is 1080. The third-order valence-corrected chi connectivity index (χ3v) is 5.52. The third kappa shape index (κ3) is 5.64. The van der Waals surface area contributed by atoms with Gasteiger partial charge >= 0.3 is 6.09 Å². The van der Waals surface area contributed by atoms with Crippen LogP contribution in [0.2, 0.25) is 0 Å². The Kier molecular flexibility index (Phi) is 7.45. The maximum absolute atomic E-state index is 12.9. The number of benzene rings is 1. The molecule has 1 aromatic heterocycles. The van der Waals surface area contributed by atoms with E-state index < -0.39 is 17.7 Å². The van der Waals surface area contributed by atoms with Crippen molar-refractivity contribution in [2.24, 2.45) is 0 Å². The van der Waals surface area contributed by atoms with Crippen molar-refractivity contribution in [1.82, 2.24) is 19.8 Å². The summed E-state index contributed by atoms with van der Waals surface area (Å²) in [5, 5.41) is 0. The van der Waals surface area contributed by atoms with Crippen molar-refractivity contribution in [3.05, 3.63) is 42.1 Å². The number of hydrogen-bond acceptors (Lipinski definition) is 7. The van der Waals surface area contributed by atoms with Gasteiger partial charge in [-0.3, -0.25) is 9.78 Å². The number of rotatable bonds is 5. The van der Waals surface area contributed by atoms with Crippen LogP contribution in [0.5, 0.6) is 0 Å². The van der Waals surface area contributed by atoms with Crippen LogP contribution in [0.25, 0.3) is 11.0 Å². The second kappa shape index (κ2) is 9.97. The van der Waals surface area contributed by atoms with Gasteiger partial charge in [0, 0.05) is 45.4 Å². The third-order valence-electron chi connectivity index (χ3n) is 5.52. The van der Waals surface area contributed by atoms with Gasteiger partial charge < -0.3 is 24.2 Å². The van der Waals surface area contributed by atoms with Gasteiger partial charge in [-0.2, -0.15) is 0 Å². The van der Waals surface area contributed by atoms with Crippen molar-refractivity contribution in [3.63, 3.8) is 0 Å². The van der Waals surface area contributed by atoms with Gasteiger partial charge in [0.25, 0.3) is 5.91 Å². The second-order valence-electron chi connectivity index (χ2n) is 9.76. The van der Waals surface area contributed by atoms with Crippen molar-refractivity contribution in [2.45, 2.75) is 45.4 Å². The largest absolute Gasteiger partial charge is 0.444 e. The highest BCUT2D eigenvalue weighted by Gasteiger charge is 2.28. The van der Waals surface area contributed by atoms with Crippen molar-refractivity contribution >= 4 is 28.9 Å². The van der Waals surface area contributed by atoms with Crippen LogP contribution in [-0.4, -0.2) is 84.3 Å². The van der Waals surface area contributed by atoms with Crippen LogP contribution in [-0.2, 0) is 9.47 Å². The first-order valence-electron chi connectivity index (χ1n) is 11.4. The molecule has 34 heavy (non-hydrogen) atoms. The predicted octanol–water partition coefficient (Wildman–Crippen LogP) is 3.65. The normalized spacial score (nSPS) is 17.3. The van der Waals surface area contributed by atoms with E-state index in [1.165, 1.54) is 9.80 Å². The summed E-state index contributed by atoms with van der Waals surface area (Å²) in [5.74, 6) is 0.553. The molecule has 2 unspecified atom stereocenters. The average molecular weight is 470 g/mol. The minimum absolute atomic E-state index is 0.0880. The molecule has 2 atom stereocenters. The van der Waals surface area contributed by atoms with Crippen LogP contribution >= 0.6 is 0 Å². The highest BCUT2D eigenvalue weighted by Crippen LogP contribution is 2.31. The summed E-state index contributed by atoms with van der Waals surface area (Å²) in [6, 6.07) is 2.91. The van der Waals surface area contributed by atoms with E-state index in [0.29, 0.717) is 41.9 Å². The second-order valence-corrected chi connectivity index (χ2v) is 9.76. The first kappa shape index (κ1) is 25.4. The number of hydrogen-bond donors (Lipinski definition) is 0. The van der Waals surface area contributed by atoms with Crippen molar-refractivity contribution in [3.8, 4) is 0 Å². The lowest BCUT2D eigenvalue weighted by Gasteiger charge is -2.32. The first-order chi connectivity index (χ1) is 15.9. The van der Waals surface area contributed by atoms with Gasteiger partial charge in [0.2, 0.25) is 0 Å². The molecular formula is C25H35N5O4. The van der Waals surface area contributed by atoms with Gasteiger partial charge in [0.15, 0.2) is 0 Å². The standard InChI is InChI=1S/C25H35N5O4/c1-9-20(29(8)24(32)34-25(3,4)5)18-12-17(23(31)28(6)7)13-19-22(18)27-21(14-26-19)30-10-11-33-16(2)15-30/h9,12-14,16,20H,1,10-11,15H2,2-8H3. The number of likely N-dealkylation sites (N-methyl/N-ethyl adjacent to an activating group) is 1. The smallest absolute Gasteiger partial charge is 0.410 e. The van der Waals surface area contributed by atoms with Crippen molar-refractivity contribution in [1.29, 1.82) is 0 Å². The fourth-order valence-corrected chi connectivity index (χ4v) is 3.86. The number of anilines is 1. The van der Waals surface area contributed by atoms with Gasteiger partial charge in [0.05, 0.1) is 36.0 Å². The zero-order valence-corrected chi connectivity index (χ0v) is 21.2. The molecule has 9 heteroatoms. The van der Waals surface area contributed by atoms with E-state index in [0.717, 1.165) is 5.82 Å². The first-order valence-corrected chi connectivity index (χ1v) is 11.4. The maximum Gasteiger partial charge on any atom is 0.410 e. The maximum atomic E-state index is 12.9. The summed E-state index contributed by atoms with van der Waals surface area (Å²) in [6.45, 7) is 13.4. The zero-order valence-electron chi connectivity index (χ0n) is 21.2. The van der Waals surface area contributed by atoms with E-state index >= 15 is 0 Å². The Balaban J connectivity index is 2.14. The molecule has 0 N–H and O–H groups in total. The number of ether oxygens (including phenoxy) is 2. The summed E-state index contributed by atoms with van der Waals surface area (Å²) in [6.07, 6.45) is 2.95. The summed E-state index contributed by atoms with van der Waals surface area (Å²) >= 11 is 0. The number of carbonyl (C=O) groups is 2. The molecule has 2 amide bonds. The predicted molar refractivity (Wildman–Crippen MR) is 132 cm³/mol. The zero-order chi connectivity index (χ0) is 25.2. The number of carbonyl (C=O) groups excluding carboxylic acids is 2. The van der Waals surface area contributed by atoms with Crippen LogP contribution in [0.4, 0.5) is 10.6 Å². The molecule has 0 bridgehead atoms. The highest BCUT2D eigenvalue weighted by molar-refractivity contribution is 5.98. The molecule has 1 saturated heterocycles. The molecule has 1 fully saturated rings. The van der Waals surface area contributed by atoms with E-state index in [1.807, 2.05) is 27.7 Å². The van der Waals surface area contributed by atoms with Crippen LogP contribution in [0.1, 0.15) is 49.7 Å². The molecule has 2 aromatic rings. The van der Waals surface area contributed by atoms with Gasteiger partial charge in [-0.15, -0.1) is 6.58 Å². The Morgan fingerprint density at radius 3 is 2.59 bits per heavy atom. The topological polar surface area (TPSA) is 88.1 Å². The Labute approximate surface area is 201 Å². The summed E-state index contributed by atoms with van der Waals surface area (Å²) < 4.78 is 11.2. The number of aromatic nitrogens is 2. The van der Waals surface area contributed by atoms with Gasteiger partial charge in [-0.1, -0.05) is 6.08 Å². The molecule has 0 radical (unpaired) electrons. The monoisotopic (exact) mass is 469 g/mol. The van der Waals surface area contributed by atoms with Crippen molar-refractivity contribution < 1.29 is 19.1 Å². The number of nitrogens with zero attached hydrogens (tertiary/aromatic N) is 5. The molecule has 0 aliphatic carbocycles. The quantitative estimate of drug-likeness (QED) is 0.618. The summed E-state index contributed by atoms with van der Waals surface area (Å²) in [5.41, 5.74) is 1.63. The summed E-state index contributed by atoms with van der Waals surface area (Å²) in [4.78, 5) is 40.3. The lowest BCUT2D eigenvalue weighted by atomic mass is 9.99. The minimum Gasteiger partial charge on any atom is -0.444 e. The Morgan fingerprint density at radius 2 is 2.00 bits per heavy atom. The molecule has 1 aliphatic rings. The van der Waals surface area contributed by atoms with Gasteiger partial charge in [0.1, 0.15) is 11.4 Å². The average Bonchev–Trinajstić information content (AvgIpc) is 2.77. The Hall–Kier alpha value is -3.20. The fourth-order valence-electron chi connectivity index (χ4n) is 3.86. The number of morpholine rings is 1. The molecule has 2 heterocycles. The van der Waals surface area contributed by atoms with Gasteiger partial charge in [-0.25, -0.2) is 9.78 Å². The molecule has 0 saturated carbocycles. The van der Waals surface area contributed by atoms with Crippen molar-refractivity contribution in [2.75, 3.05) is 45.7 Å². The van der Waals surface area contributed by atoms with Gasteiger partial charge in [-0.05, 0) is 39.8 Å². The molecule has 0 spiro atoms. The molecule has 1 aromatic carbocycles. The van der Waals surface area contributed by atoms with Crippen LogP contribution < -0.4 is 4.90 Å². The Morgan fingerprint density at radius 1 is 1.29 bits per heavy atom. The molecule has 184 valence electrons. The minimum atomic E-state index is -0.651. The molecule has 9 nitrogen and oxygen atoms in total. The molecule has 3 rings (SSSR count). The van der Waals surface area contributed by atoms with E-state index in [1.54, 1.807) is 45.5 Å².